The second-order valence-corrected chi connectivity index (χ2v) is 6.48. The third kappa shape index (κ3) is 5.49. The third-order valence-electron chi connectivity index (χ3n) is 3.54. The van der Waals surface area contributed by atoms with Crippen LogP contribution in [0.25, 0.3) is 6.08 Å². The minimum atomic E-state index is -0.500. The molecule has 0 spiro atoms. The van der Waals surface area contributed by atoms with Crippen LogP contribution in [0.5, 0.6) is 0 Å². The average Bonchev–Trinajstić information content (AvgIpc) is 3.22. The monoisotopic (exact) mass is 375 g/mol. The summed E-state index contributed by atoms with van der Waals surface area (Å²) in [5, 5.41) is 8.52. The number of hydrogen-bond acceptors (Lipinski definition) is 4. The number of nitrogens with zero attached hydrogens (tertiary/aromatic N) is 1. The summed E-state index contributed by atoms with van der Waals surface area (Å²) >= 11 is 1.47. The predicted octanol–water partition coefficient (Wildman–Crippen LogP) is 3.67. The van der Waals surface area contributed by atoms with Gasteiger partial charge in [-0.3, -0.25) is 9.59 Å². The number of benzene rings is 2. The zero-order chi connectivity index (χ0) is 18.9. The molecule has 0 atom stereocenters. The lowest BCUT2D eigenvalue weighted by Crippen LogP contribution is -2.32. The maximum Gasteiger partial charge on any atom is 0.287 e. The lowest BCUT2D eigenvalue weighted by molar-refractivity contribution is -0.117. The van der Waals surface area contributed by atoms with Crippen molar-refractivity contribution in [1.82, 2.24) is 10.7 Å². The molecule has 3 rings (SSSR count). The van der Waals surface area contributed by atoms with E-state index < -0.39 is 5.91 Å². The minimum Gasteiger partial charge on any atom is -0.317 e. The maximum atomic E-state index is 12.5. The Balaban J connectivity index is 1.74. The molecule has 134 valence electrons. The fourth-order valence-electron chi connectivity index (χ4n) is 2.22. The van der Waals surface area contributed by atoms with Crippen LogP contribution in [0.3, 0.4) is 0 Å². The largest absolute Gasteiger partial charge is 0.317 e. The molecule has 27 heavy (non-hydrogen) atoms. The van der Waals surface area contributed by atoms with Gasteiger partial charge in [0, 0.05) is 10.4 Å². The zero-order valence-electron chi connectivity index (χ0n) is 14.3. The van der Waals surface area contributed by atoms with E-state index in [0.29, 0.717) is 5.56 Å². The van der Waals surface area contributed by atoms with E-state index >= 15 is 0 Å². The Labute approximate surface area is 161 Å². The summed E-state index contributed by atoms with van der Waals surface area (Å²) < 4.78 is 0. The molecule has 2 N–H and O–H groups in total. The number of carbonyl (C=O) groups excluding carboxylic acids is 2. The average molecular weight is 375 g/mol. The van der Waals surface area contributed by atoms with Gasteiger partial charge in [0.15, 0.2) is 0 Å². The maximum absolute atomic E-state index is 12.5. The molecule has 0 radical (unpaired) electrons. The summed E-state index contributed by atoms with van der Waals surface area (Å²) in [4.78, 5) is 25.8. The normalized spacial score (nSPS) is 11.3. The van der Waals surface area contributed by atoms with Crippen LogP contribution in [-0.2, 0) is 4.79 Å². The highest BCUT2D eigenvalue weighted by molar-refractivity contribution is 7.10. The Hall–Kier alpha value is -3.51. The highest BCUT2D eigenvalue weighted by Crippen LogP contribution is 2.13. The van der Waals surface area contributed by atoms with Crippen LogP contribution in [0.2, 0.25) is 0 Å². The second-order valence-electron chi connectivity index (χ2n) is 5.50. The smallest absolute Gasteiger partial charge is 0.287 e. The van der Waals surface area contributed by atoms with Gasteiger partial charge in [-0.25, -0.2) is 5.43 Å². The number of amides is 2. The first-order valence-corrected chi connectivity index (χ1v) is 9.10. The molecular formula is C21H17N3O2S. The molecule has 0 bridgehead atoms. The molecule has 3 aromatic rings. The van der Waals surface area contributed by atoms with Crippen molar-refractivity contribution in [3.8, 4) is 0 Å². The molecule has 1 heterocycles. The Morgan fingerprint density at radius 1 is 0.889 bits per heavy atom. The summed E-state index contributed by atoms with van der Waals surface area (Å²) in [5.41, 5.74) is 3.90. The van der Waals surface area contributed by atoms with Crippen LogP contribution < -0.4 is 10.7 Å². The molecule has 0 aliphatic carbocycles. The van der Waals surface area contributed by atoms with Crippen molar-refractivity contribution < 1.29 is 9.59 Å². The SMILES string of the molecule is O=C(NN=Cc1ccccc1)C(=Cc1cccs1)NC(=O)c1ccccc1. The first-order valence-electron chi connectivity index (χ1n) is 8.22. The first-order chi connectivity index (χ1) is 13.2. The second kappa shape index (κ2) is 9.26. The van der Waals surface area contributed by atoms with Crippen molar-refractivity contribution in [3.63, 3.8) is 0 Å². The molecule has 0 aliphatic heterocycles. The Morgan fingerprint density at radius 2 is 1.59 bits per heavy atom. The third-order valence-corrected chi connectivity index (χ3v) is 4.36. The van der Waals surface area contributed by atoms with Gasteiger partial charge in [-0.2, -0.15) is 5.10 Å². The van der Waals surface area contributed by atoms with E-state index in [1.807, 2.05) is 53.9 Å². The van der Waals surface area contributed by atoms with E-state index in [2.05, 4.69) is 15.8 Å². The molecule has 0 unspecified atom stereocenters. The van der Waals surface area contributed by atoms with Gasteiger partial charge in [0.2, 0.25) is 0 Å². The van der Waals surface area contributed by atoms with E-state index in [0.717, 1.165) is 10.4 Å². The molecule has 0 saturated carbocycles. The van der Waals surface area contributed by atoms with Crippen LogP contribution in [0.1, 0.15) is 20.8 Å². The van der Waals surface area contributed by atoms with Gasteiger partial charge in [-0.1, -0.05) is 54.6 Å². The van der Waals surface area contributed by atoms with E-state index in [9.17, 15) is 9.59 Å². The molecule has 2 amide bonds. The van der Waals surface area contributed by atoms with Gasteiger partial charge >= 0.3 is 0 Å². The standard InChI is InChI=1S/C21H17N3O2S/c25-20(17-10-5-2-6-11-17)23-19(14-18-12-7-13-27-18)21(26)24-22-15-16-8-3-1-4-9-16/h1-15H,(H,23,25)(H,24,26). The van der Waals surface area contributed by atoms with Crippen LogP contribution in [-0.4, -0.2) is 18.0 Å². The molecule has 0 fully saturated rings. The number of carbonyl (C=O) groups is 2. The lowest BCUT2D eigenvalue weighted by atomic mass is 10.2. The van der Waals surface area contributed by atoms with Crippen LogP contribution in [0, 0.1) is 0 Å². The van der Waals surface area contributed by atoms with Gasteiger partial charge in [0.05, 0.1) is 6.21 Å². The topological polar surface area (TPSA) is 70.6 Å². The summed E-state index contributed by atoms with van der Waals surface area (Å²) in [5.74, 6) is -0.861. The first kappa shape index (κ1) is 18.3. The Kier molecular flexibility index (Phi) is 6.27. The summed E-state index contributed by atoms with van der Waals surface area (Å²) in [6.45, 7) is 0. The quantitative estimate of drug-likeness (QED) is 0.392. The van der Waals surface area contributed by atoms with Crippen molar-refractivity contribution in [1.29, 1.82) is 0 Å². The molecule has 0 saturated heterocycles. The van der Waals surface area contributed by atoms with E-state index in [1.165, 1.54) is 11.3 Å². The van der Waals surface area contributed by atoms with Gasteiger partial charge in [-0.15, -0.1) is 11.3 Å². The van der Waals surface area contributed by atoms with E-state index in [1.54, 1.807) is 36.6 Å². The van der Waals surface area contributed by atoms with Crippen molar-refractivity contribution in [3.05, 3.63) is 99.9 Å². The van der Waals surface area contributed by atoms with E-state index in [4.69, 9.17) is 0 Å². The number of nitrogens with one attached hydrogen (secondary N) is 2. The number of rotatable bonds is 6. The van der Waals surface area contributed by atoms with Crippen molar-refractivity contribution in [2.24, 2.45) is 5.10 Å². The van der Waals surface area contributed by atoms with Crippen molar-refractivity contribution >= 4 is 35.4 Å². The summed E-state index contributed by atoms with van der Waals surface area (Å²) in [6.07, 6.45) is 3.17. The predicted molar refractivity (Wildman–Crippen MR) is 108 cm³/mol. The summed E-state index contributed by atoms with van der Waals surface area (Å²) in [6, 6.07) is 21.9. The minimum absolute atomic E-state index is 0.122. The van der Waals surface area contributed by atoms with Gasteiger partial charge in [0.25, 0.3) is 11.8 Å². The summed E-state index contributed by atoms with van der Waals surface area (Å²) in [7, 11) is 0. The molecular weight excluding hydrogens is 358 g/mol. The molecule has 0 aliphatic rings. The van der Waals surface area contributed by atoms with Crippen molar-refractivity contribution in [2.75, 3.05) is 0 Å². The van der Waals surface area contributed by atoms with Crippen LogP contribution in [0.15, 0.2) is 89.0 Å². The van der Waals surface area contributed by atoms with Gasteiger partial charge < -0.3 is 5.32 Å². The van der Waals surface area contributed by atoms with E-state index in [-0.39, 0.29) is 11.6 Å². The fourth-order valence-corrected chi connectivity index (χ4v) is 2.88. The lowest BCUT2D eigenvalue weighted by Gasteiger charge is -2.08. The zero-order valence-corrected chi connectivity index (χ0v) is 15.1. The number of hydrazone groups is 1. The highest BCUT2D eigenvalue weighted by atomic mass is 32.1. The number of thiophene rings is 1. The Morgan fingerprint density at radius 3 is 2.26 bits per heavy atom. The molecule has 6 heteroatoms. The number of hydrogen-bond donors (Lipinski definition) is 2. The highest BCUT2D eigenvalue weighted by Gasteiger charge is 2.14. The van der Waals surface area contributed by atoms with Crippen LogP contribution >= 0.6 is 11.3 Å². The fraction of sp³-hybridized carbons (Fsp3) is 0. The van der Waals surface area contributed by atoms with Crippen molar-refractivity contribution in [2.45, 2.75) is 0 Å². The van der Waals surface area contributed by atoms with Crippen LogP contribution in [0.4, 0.5) is 0 Å². The van der Waals surface area contributed by atoms with Gasteiger partial charge in [0.1, 0.15) is 5.70 Å². The van der Waals surface area contributed by atoms with Gasteiger partial charge in [-0.05, 0) is 35.2 Å². The molecule has 2 aromatic carbocycles. The Bertz CT molecular complexity index is 950. The molecule has 1 aromatic heterocycles. The molecule has 5 nitrogen and oxygen atoms in total.